The molecule has 2 aromatic carbocycles. The zero-order valence-electron chi connectivity index (χ0n) is 19.0. The first-order valence-corrected chi connectivity index (χ1v) is 12.7. The van der Waals surface area contributed by atoms with Gasteiger partial charge in [0.2, 0.25) is 15.9 Å². The summed E-state index contributed by atoms with van der Waals surface area (Å²) in [4.78, 5) is 25.7. The number of sulfonamides is 1. The van der Waals surface area contributed by atoms with E-state index in [1.54, 1.807) is 0 Å². The van der Waals surface area contributed by atoms with Gasteiger partial charge >= 0.3 is 0 Å². The second-order valence-electron chi connectivity index (χ2n) is 8.54. The standard InChI is InChI=1S/C23H28N4O6S/c1-17-2-4-19(5-3-17)24-23(28)18-8-10-25(11-9-18)21-7-6-20(16-22(21)27(29)30)34(31,32)26-12-14-33-15-13-26/h2-7,16,18H,8-15H2,1H3,(H,24,28). The molecule has 2 aliphatic rings. The Bertz CT molecular complexity index is 1150. The Morgan fingerprint density at radius 1 is 1.06 bits per heavy atom. The van der Waals surface area contributed by atoms with E-state index in [-0.39, 0.29) is 35.5 Å². The van der Waals surface area contributed by atoms with Crippen LogP contribution in [0.2, 0.25) is 0 Å². The Hall–Kier alpha value is -3.02. The van der Waals surface area contributed by atoms with Gasteiger partial charge in [0.15, 0.2) is 0 Å². The van der Waals surface area contributed by atoms with Crippen LogP contribution in [0, 0.1) is 23.0 Å². The smallest absolute Gasteiger partial charge is 0.293 e. The van der Waals surface area contributed by atoms with Gasteiger partial charge in [-0.25, -0.2) is 8.42 Å². The number of nitro groups is 1. The number of anilines is 2. The van der Waals surface area contributed by atoms with Crippen molar-refractivity contribution in [2.24, 2.45) is 5.92 Å². The van der Waals surface area contributed by atoms with Gasteiger partial charge in [0.25, 0.3) is 5.69 Å². The molecule has 1 N–H and O–H groups in total. The van der Waals surface area contributed by atoms with Crippen molar-refractivity contribution in [1.82, 2.24) is 4.31 Å². The maximum Gasteiger partial charge on any atom is 0.293 e. The number of aryl methyl sites for hydroxylation is 1. The monoisotopic (exact) mass is 488 g/mol. The lowest BCUT2D eigenvalue weighted by molar-refractivity contribution is -0.384. The Labute approximate surface area is 198 Å². The van der Waals surface area contributed by atoms with Crippen LogP contribution in [0.15, 0.2) is 47.4 Å². The predicted molar refractivity (Wildman–Crippen MR) is 127 cm³/mol. The summed E-state index contributed by atoms with van der Waals surface area (Å²) in [5, 5.41) is 14.7. The molecule has 0 saturated carbocycles. The molecule has 2 heterocycles. The molecule has 2 saturated heterocycles. The molecule has 0 aromatic heterocycles. The van der Waals surface area contributed by atoms with Crippen LogP contribution < -0.4 is 10.2 Å². The Balaban J connectivity index is 1.45. The first kappa shape index (κ1) is 24.1. The third kappa shape index (κ3) is 5.21. The van der Waals surface area contributed by atoms with Crippen molar-refractivity contribution in [3.05, 3.63) is 58.1 Å². The number of nitro benzene ring substituents is 1. The molecule has 182 valence electrons. The summed E-state index contributed by atoms with van der Waals surface area (Å²) >= 11 is 0. The lowest BCUT2D eigenvalue weighted by Gasteiger charge is -2.33. The second-order valence-corrected chi connectivity index (χ2v) is 10.5. The number of ether oxygens (including phenoxy) is 1. The van der Waals surface area contributed by atoms with Crippen LogP contribution in [-0.4, -0.2) is 62.9 Å². The van der Waals surface area contributed by atoms with Crippen molar-refractivity contribution in [3.63, 3.8) is 0 Å². The van der Waals surface area contributed by atoms with E-state index in [0.717, 1.165) is 17.3 Å². The van der Waals surface area contributed by atoms with Gasteiger partial charge in [0.05, 0.1) is 23.0 Å². The van der Waals surface area contributed by atoms with Gasteiger partial charge in [-0.1, -0.05) is 17.7 Å². The Morgan fingerprint density at radius 2 is 1.71 bits per heavy atom. The molecule has 11 heteroatoms. The van der Waals surface area contributed by atoms with E-state index >= 15 is 0 Å². The van der Waals surface area contributed by atoms with Crippen molar-refractivity contribution in [2.75, 3.05) is 49.6 Å². The van der Waals surface area contributed by atoms with Gasteiger partial charge in [-0.3, -0.25) is 14.9 Å². The minimum Gasteiger partial charge on any atom is -0.379 e. The fourth-order valence-corrected chi connectivity index (χ4v) is 5.71. The number of benzene rings is 2. The normalized spacial score (nSPS) is 18.0. The average Bonchev–Trinajstić information content (AvgIpc) is 2.85. The molecule has 0 radical (unpaired) electrons. The summed E-state index contributed by atoms with van der Waals surface area (Å²) in [5.74, 6) is -0.262. The van der Waals surface area contributed by atoms with Crippen LogP contribution >= 0.6 is 0 Å². The van der Waals surface area contributed by atoms with Crippen molar-refractivity contribution >= 4 is 33.0 Å². The van der Waals surface area contributed by atoms with Gasteiger partial charge in [-0.05, 0) is 44.0 Å². The number of amides is 1. The van der Waals surface area contributed by atoms with E-state index in [1.165, 1.54) is 16.4 Å². The summed E-state index contributed by atoms with van der Waals surface area (Å²) in [6, 6.07) is 11.6. The van der Waals surface area contributed by atoms with E-state index in [2.05, 4.69) is 5.32 Å². The zero-order valence-corrected chi connectivity index (χ0v) is 19.8. The average molecular weight is 489 g/mol. The van der Waals surface area contributed by atoms with Crippen molar-refractivity contribution in [3.8, 4) is 0 Å². The fraction of sp³-hybridized carbons (Fsp3) is 0.435. The molecule has 4 rings (SSSR count). The molecule has 0 aliphatic carbocycles. The SMILES string of the molecule is Cc1ccc(NC(=O)C2CCN(c3ccc(S(=O)(=O)N4CCOCC4)cc3[N+](=O)[O-])CC2)cc1. The zero-order chi connectivity index (χ0) is 24.3. The number of piperidine rings is 1. The lowest BCUT2D eigenvalue weighted by atomic mass is 9.95. The van der Waals surface area contributed by atoms with Crippen LogP contribution in [0.5, 0.6) is 0 Å². The molecule has 0 spiro atoms. The molecule has 2 aliphatic heterocycles. The molecule has 34 heavy (non-hydrogen) atoms. The van der Waals surface area contributed by atoms with Crippen molar-refractivity contribution < 1.29 is 22.9 Å². The largest absolute Gasteiger partial charge is 0.379 e. The molecule has 1 amide bonds. The number of rotatable bonds is 6. The molecule has 10 nitrogen and oxygen atoms in total. The molecular weight excluding hydrogens is 460 g/mol. The minimum absolute atomic E-state index is 0.0649. The highest BCUT2D eigenvalue weighted by Crippen LogP contribution is 2.34. The maximum absolute atomic E-state index is 12.9. The fourth-order valence-electron chi connectivity index (χ4n) is 4.28. The number of carbonyl (C=O) groups is 1. The third-order valence-corrected chi connectivity index (χ3v) is 8.17. The van der Waals surface area contributed by atoms with Crippen molar-refractivity contribution in [1.29, 1.82) is 0 Å². The molecule has 2 fully saturated rings. The number of nitrogens with one attached hydrogen (secondary N) is 1. The summed E-state index contributed by atoms with van der Waals surface area (Å²) in [6.07, 6.45) is 1.09. The number of morpholine rings is 1. The predicted octanol–water partition coefficient (Wildman–Crippen LogP) is 2.78. The quantitative estimate of drug-likeness (QED) is 0.490. The highest BCUT2D eigenvalue weighted by molar-refractivity contribution is 7.89. The van der Waals surface area contributed by atoms with Crippen LogP contribution in [0.1, 0.15) is 18.4 Å². The minimum atomic E-state index is -3.84. The topological polar surface area (TPSA) is 122 Å². The summed E-state index contributed by atoms with van der Waals surface area (Å²) in [7, 11) is -3.84. The van der Waals surface area contributed by atoms with E-state index in [1.807, 2.05) is 36.1 Å². The van der Waals surface area contributed by atoms with E-state index < -0.39 is 14.9 Å². The Kier molecular flexibility index (Phi) is 7.15. The highest BCUT2D eigenvalue weighted by Gasteiger charge is 2.32. The van der Waals surface area contributed by atoms with Crippen LogP contribution in [-0.2, 0) is 19.6 Å². The first-order chi connectivity index (χ1) is 16.3. The molecule has 2 aromatic rings. The summed E-state index contributed by atoms with van der Waals surface area (Å²) in [6.45, 7) is 3.93. The first-order valence-electron chi connectivity index (χ1n) is 11.2. The third-order valence-electron chi connectivity index (χ3n) is 6.28. The number of carbonyl (C=O) groups excluding carboxylic acids is 1. The number of hydrogen-bond acceptors (Lipinski definition) is 7. The number of nitrogens with zero attached hydrogens (tertiary/aromatic N) is 3. The Morgan fingerprint density at radius 3 is 2.32 bits per heavy atom. The number of hydrogen-bond donors (Lipinski definition) is 1. The maximum atomic E-state index is 12.9. The van der Waals surface area contributed by atoms with Crippen LogP contribution in [0.3, 0.4) is 0 Å². The summed E-state index contributed by atoms with van der Waals surface area (Å²) < 4.78 is 32.3. The van der Waals surface area contributed by atoms with Gasteiger partial charge in [0, 0.05) is 43.9 Å². The second kappa shape index (κ2) is 10.1. The van der Waals surface area contributed by atoms with Gasteiger partial charge < -0.3 is 15.0 Å². The van der Waals surface area contributed by atoms with Gasteiger partial charge in [0.1, 0.15) is 5.69 Å². The van der Waals surface area contributed by atoms with E-state index in [9.17, 15) is 23.3 Å². The van der Waals surface area contributed by atoms with Crippen LogP contribution in [0.4, 0.5) is 17.1 Å². The van der Waals surface area contributed by atoms with E-state index in [4.69, 9.17) is 4.74 Å². The summed E-state index contributed by atoms with van der Waals surface area (Å²) in [5.41, 5.74) is 1.96. The van der Waals surface area contributed by atoms with E-state index in [0.29, 0.717) is 44.8 Å². The van der Waals surface area contributed by atoms with Crippen molar-refractivity contribution in [2.45, 2.75) is 24.7 Å². The molecular formula is C23H28N4O6S. The van der Waals surface area contributed by atoms with Gasteiger partial charge in [-0.2, -0.15) is 4.31 Å². The van der Waals surface area contributed by atoms with Gasteiger partial charge in [-0.15, -0.1) is 0 Å². The molecule has 0 bridgehead atoms. The molecule has 0 unspecified atom stereocenters. The molecule has 0 atom stereocenters. The highest BCUT2D eigenvalue weighted by atomic mass is 32.2. The van der Waals surface area contributed by atoms with Crippen LogP contribution in [0.25, 0.3) is 0 Å². The lowest BCUT2D eigenvalue weighted by Crippen LogP contribution is -2.40.